The number of ether oxygens (including phenoxy) is 1. The topological polar surface area (TPSA) is 56.3 Å². The highest BCUT2D eigenvalue weighted by Crippen LogP contribution is 2.19. The lowest BCUT2D eigenvalue weighted by Crippen LogP contribution is -2.50. The Labute approximate surface area is 180 Å². The molecule has 30 heavy (non-hydrogen) atoms. The summed E-state index contributed by atoms with van der Waals surface area (Å²) in [6, 6.07) is 7.81. The summed E-state index contributed by atoms with van der Waals surface area (Å²) < 4.78 is 5.68. The number of likely N-dealkylation sites (tertiary alicyclic amines) is 2. The van der Waals surface area contributed by atoms with Crippen LogP contribution in [-0.2, 0) is 4.79 Å². The first kappa shape index (κ1) is 22.4. The van der Waals surface area contributed by atoms with E-state index >= 15 is 0 Å². The van der Waals surface area contributed by atoms with Gasteiger partial charge in [0.15, 0.2) is 6.61 Å². The first-order chi connectivity index (χ1) is 14.4. The minimum atomic E-state index is -0.0210. The van der Waals surface area contributed by atoms with Gasteiger partial charge in [-0.3, -0.25) is 4.79 Å². The third kappa shape index (κ3) is 6.11. The molecule has 7 nitrogen and oxygen atoms in total. The quantitative estimate of drug-likeness (QED) is 0.685. The highest BCUT2D eigenvalue weighted by atomic mass is 16.5. The van der Waals surface area contributed by atoms with Crippen molar-refractivity contribution in [3.05, 3.63) is 29.8 Å². The lowest BCUT2D eigenvalue weighted by molar-refractivity contribution is -0.132. The smallest absolute Gasteiger partial charge is 0.319 e. The lowest BCUT2D eigenvalue weighted by Gasteiger charge is -2.34. The van der Waals surface area contributed by atoms with E-state index in [2.05, 4.69) is 4.90 Å². The summed E-state index contributed by atoms with van der Waals surface area (Å²) in [5, 5.41) is 0. The van der Waals surface area contributed by atoms with E-state index in [-0.39, 0.29) is 24.6 Å². The normalized spacial score (nSPS) is 19.6. The van der Waals surface area contributed by atoms with Crippen LogP contribution in [0.25, 0.3) is 0 Å². The number of amides is 3. The largest absolute Gasteiger partial charge is 0.484 e. The SMILES string of the molecule is Cc1cccc(OCC(=O)N2CCC(N(CCN3CCCCC3)C(=O)N(C)C)C2)c1. The Morgan fingerprint density at radius 2 is 1.90 bits per heavy atom. The number of piperidine rings is 1. The summed E-state index contributed by atoms with van der Waals surface area (Å²) in [5.41, 5.74) is 1.10. The molecule has 0 radical (unpaired) electrons. The monoisotopic (exact) mass is 416 g/mol. The number of urea groups is 1. The Balaban J connectivity index is 1.53. The minimum Gasteiger partial charge on any atom is -0.484 e. The minimum absolute atomic E-state index is 0.0210. The lowest BCUT2D eigenvalue weighted by atomic mass is 10.1. The number of carbonyl (C=O) groups excluding carboxylic acids is 2. The van der Waals surface area contributed by atoms with E-state index in [0.29, 0.717) is 25.4 Å². The molecule has 0 aromatic heterocycles. The van der Waals surface area contributed by atoms with Gasteiger partial charge in [-0.15, -0.1) is 0 Å². The van der Waals surface area contributed by atoms with E-state index in [1.165, 1.54) is 19.3 Å². The van der Waals surface area contributed by atoms with Crippen LogP contribution in [0.3, 0.4) is 0 Å². The molecule has 7 heteroatoms. The van der Waals surface area contributed by atoms with Gasteiger partial charge in [0.05, 0.1) is 6.04 Å². The first-order valence-electron chi connectivity index (χ1n) is 11.1. The van der Waals surface area contributed by atoms with Crippen molar-refractivity contribution < 1.29 is 14.3 Å². The average Bonchev–Trinajstić information content (AvgIpc) is 3.23. The molecule has 2 heterocycles. The molecular formula is C23H36N4O3. The zero-order chi connectivity index (χ0) is 21.5. The van der Waals surface area contributed by atoms with Gasteiger partial charge in [-0.05, 0) is 57.0 Å². The van der Waals surface area contributed by atoms with E-state index in [1.54, 1.807) is 19.0 Å². The predicted molar refractivity (Wildman–Crippen MR) is 118 cm³/mol. The van der Waals surface area contributed by atoms with Crippen LogP contribution < -0.4 is 4.74 Å². The van der Waals surface area contributed by atoms with Gasteiger partial charge in [-0.2, -0.15) is 0 Å². The van der Waals surface area contributed by atoms with Crippen molar-refractivity contribution in [2.45, 2.75) is 38.6 Å². The van der Waals surface area contributed by atoms with E-state index in [1.807, 2.05) is 41.0 Å². The number of rotatable bonds is 7. The molecule has 1 aromatic carbocycles. The molecule has 0 N–H and O–H groups in total. The van der Waals surface area contributed by atoms with Gasteiger partial charge in [0.25, 0.3) is 5.91 Å². The molecule has 2 fully saturated rings. The molecule has 1 aromatic rings. The zero-order valence-corrected chi connectivity index (χ0v) is 18.7. The number of nitrogens with zero attached hydrogens (tertiary/aromatic N) is 4. The molecule has 0 saturated carbocycles. The number of hydrogen-bond acceptors (Lipinski definition) is 4. The molecule has 3 rings (SSSR count). The molecule has 1 atom stereocenters. The van der Waals surface area contributed by atoms with Gasteiger partial charge in [-0.25, -0.2) is 4.79 Å². The van der Waals surface area contributed by atoms with Crippen molar-refractivity contribution in [1.29, 1.82) is 0 Å². The number of hydrogen-bond donors (Lipinski definition) is 0. The Kier molecular flexibility index (Phi) is 7.96. The fraction of sp³-hybridized carbons (Fsp3) is 0.652. The maximum absolute atomic E-state index is 12.8. The molecule has 0 spiro atoms. The van der Waals surface area contributed by atoms with Crippen molar-refractivity contribution in [3.63, 3.8) is 0 Å². The molecule has 2 aliphatic rings. The van der Waals surface area contributed by atoms with Crippen molar-refractivity contribution in [1.82, 2.24) is 19.6 Å². The molecule has 1 unspecified atom stereocenters. The number of benzene rings is 1. The second kappa shape index (κ2) is 10.7. The van der Waals surface area contributed by atoms with Crippen molar-refractivity contribution in [2.75, 3.05) is 60.0 Å². The molecule has 2 saturated heterocycles. The summed E-state index contributed by atoms with van der Waals surface area (Å²) >= 11 is 0. The Morgan fingerprint density at radius 1 is 1.13 bits per heavy atom. The molecule has 166 valence electrons. The summed E-state index contributed by atoms with van der Waals surface area (Å²) in [6.45, 7) is 7.14. The van der Waals surface area contributed by atoms with Gasteiger partial charge in [0.1, 0.15) is 5.75 Å². The van der Waals surface area contributed by atoms with E-state index in [0.717, 1.165) is 31.6 Å². The Morgan fingerprint density at radius 3 is 2.60 bits per heavy atom. The third-order valence-corrected chi connectivity index (χ3v) is 6.04. The van der Waals surface area contributed by atoms with Crippen LogP contribution in [0.1, 0.15) is 31.2 Å². The Bertz CT molecular complexity index is 718. The average molecular weight is 417 g/mol. The summed E-state index contributed by atoms with van der Waals surface area (Å²) in [4.78, 5) is 33.4. The second-order valence-corrected chi connectivity index (χ2v) is 8.66. The van der Waals surface area contributed by atoms with Crippen LogP contribution in [0.15, 0.2) is 24.3 Å². The van der Waals surface area contributed by atoms with Crippen LogP contribution in [0.2, 0.25) is 0 Å². The van der Waals surface area contributed by atoms with Gasteiger partial charge in [0.2, 0.25) is 0 Å². The first-order valence-corrected chi connectivity index (χ1v) is 11.1. The molecule has 3 amide bonds. The molecular weight excluding hydrogens is 380 g/mol. The fourth-order valence-corrected chi connectivity index (χ4v) is 4.29. The zero-order valence-electron chi connectivity index (χ0n) is 18.7. The molecule has 0 aliphatic carbocycles. The predicted octanol–water partition coefficient (Wildman–Crippen LogP) is 2.44. The summed E-state index contributed by atoms with van der Waals surface area (Å²) in [6.07, 6.45) is 4.61. The van der Waals surface area contributed by atoms with Crippen LogP contribution in [-0.4, -0.2) is 97.6 Å². The van der Waals surface area contributed by atoms with Crippen LogP contribution in [0.4, 0.5) is 4.79 Å². The molecule has 0 bridgehead atoms. The van der Waals surface area contributed by atoms with Crippen molar-refractivity contribution in [2.24, 2.45) is 0 Å². The number of carbonyl (C=O) groups is 2. The summed E-state index contributed by atoms with van der Waals surface area (Å²) in [7, 11) is 3.59. The van der Waals surface area contributed by atoms with Gasteiger partial charge in [0, 0.05) is 40.3 Å². The van der Waals surface area contributed by atoms with Crippen molar-refractivity contribution >= 4 is 11.9 Å². The van der Waals surface area contributed by atoms with Gasteiger partial charge in [-0.1, -0.05) is 18.6 Å². The van der Waals surface area contributed by atoms with E-state index < -0.39 is 0 Å². The Hall–Kier alpha value is -2.28. The third-order valence-electron chi connectivity index (χ3n) is 6.04. The van der Waals surface area contributed by atoms with Crippen LogP contribution in [0, 0.1) is 6.92 Å². The summed E-state index contributed by atoms with van der Waals surface area (Å²) in [5.74, 6) is 0.692. The van der Waals surface area contributed by atoms with Gasteiger partial charge >= 0.3 is 6.03 Å². The highest BCUT2D eigenvalue weighted by Gasteiger charge is 2.33. The molecule has 2 aliphatic heterocycles. The maximum Gasteiger partial charge on any atom is 0.319 e. The second-order valence-electron chi connectivity index (χ2n) is 8.66. The van der Waals surface area contributed by atoms with Crippen molar-refractivity contribution in [3.8, 4) is 5.75 Å². The fourth-order valence-electron chi connectivity index (χ4n) is 4.29. The van der Waals surface area contributed by atoms with Gasteiger partial charge < -0.3 is 24.3 Å². The maximum atomic E-state index is 12.8. The number of aryl methyl sites for hydroxylation is 1. The van der Waals surface area contributed by atoms with E-state index in [9.17, 15) is 9.59 Å². The highest BCUT2D eigenvalue weighted by molar-refractivity contribution is 5.78. The standard InChI is InChI=1S/C23H36N4O3/c1-19-8-7-9-21(16-19)30-18-22(28)26-13-10-20(17-26)27(23(29)24(2)3)15-14-25-11-5-4-6-12-25/h7-9,16,20H,4-6,10-15,17-18H2,1-3H3. The van der Waals surface area contributed by atoms with Crippen LogP contribution >= 0.6 is 0 Å². The van der Waals surface area contributed by atoms with E-state index in [4.69, 9.17) is 4.74 Å². The van der Waals surface area contributed by atoms with Crippen LogP contribution in [0.5, 0.6) is 5.75 Å².